The van der Waals surface area contributed by atoms with E-state index in [2.05, 4.69) is 5.32 Å². The molecule has 2 rings (SSSR count). The number of carboxylic acid groups (broad SMARTS) is 1. The Kier molecular flexibility index (Phi) is 5.41. The van der Waals surface area contributed by atoms with Gasteiger partial charge in [0.05, 0.1) is 11.3 Å². The molecule has 0 aliphatic carbocycles. The average molecular weight is 311 g/mol. The molecule has 0 saturated heterocycles. The molecule has 2 N–H and O–H groups in total. The van der Waals surface area contributed by atoms with E-state index in [4.69, 9.17) is 5.11 Å². The molecule has 1 amide bonds. The van der Waals surface area contributed by atoms with Crippen molar-refractivity contribution >= 4 is 23.6 Å². The van der Waals surface area contributed by atoms with Crippen molar-refractivity contribution < 1.29 is 19.1 Å². The molecule has 0 aliphatic heterocycles. The minimum absolute atomic E-state index is 0.0422. The van der Waals surface area contributed by atoms with E-state index in [0.29, 0.717) is 0 Å². The summed E-state index contributed by atoms with van der Waals surface area (Å²) in [6.45, 7) is 0. The Morgan fingerprint density at radius 3 is 2.48 bits per heavy atom. The lowest BCUT2D eigenvalue weighted by atomic mass is 10.1. The largest absolute Gasteiger partial charge is 0.478 e. The number of benzene rings is 2. The van der Waals surface area contributed by atoms with E-state index in [1.165, 1.54) is 18.2 Å². The van der Waals surface area contributed by atoms with Crippen LogP contribution in [0.15, 0.2) is 66.8 Å². The first-order valence-corrected chi connectivity index (χ1v) is 6.80. The number of carboxylic acids is 1. The summed E-state index contributed by atoms with van der Waals surface area (Å²) in [4.78, 5) is 22.8. The molecule has 2 aromatic carbocycles. The highest BCUT2D eigenvalue weighted by molar-refractivity contribution is 6.04. The first kappa shape index (κ1) is 16.2. The third-order valence-electron chi connectivity index (χ3n) is 2.92. The van der Waals surface area contributed by atoms with Gasteiger partial charge >= 0.3 is 5.97 Å². The van der Waals surface area contributed by atoms with Gasteiger partial charge in [0.15, 0.2) is 0 Å². The molecular formula is C18H14FNO3. The molecular weight excluding hydrogens is 297 g/mol. The van der Waals surface area contributed by atoms with Gasteiger partial charge in [0.25, 0.3) is 0 Å². The van der Waals surface area contributed by atoms with Gasteiger partial charge in [-0.15, -0.1) is 0 Å². The Morgan fingerprint density at radius 2 is 1.78 bits per heavy atom. The highest BCUT2D eigenvalue weighted by atomic mass is 19.1. The van der Waals surface area contributed by atoms with Gasteiger partial charge in [0.1, 0.15) is 5.82 Å². The van der Waals surface area contributed by atoms with Crippen LogP contribution in [0.5, 0.6) is 0 Å². The fraction of sp³-hybridized carbons (Fsp3) is 0. The number of halogens is 1. The van der Waals surface area contributed by atoms with Crippen LogP contribution in [-0.4, -0.2) is 17.0 Å². The molecule has 0 bridgehead atoms. The number of carbonyl (C=O) groups excluding carboxylic acids is 1. The van der Waals surface area contributed by atoms with E-state index in [9.17, 15) is 14.0 Å². The van der Waals surface area contributed by atoms with Gasteiger partial charge in [0.2, 0.25) is 5.91 Å². The fourth-order valence-electron chi connectivity index (χ4n) is 1.85. The third kappa shape index (κ3) is 4.93. The van der Waals surface area contributed by atoms with Crippen LogP contribution >= 0.6 is 0 Å². The van der Waals surface area contributed by atoms with Crippen molar-refractivity contribution in [3.05, 3.63) is 83.7 Å². The molecule has 0 atom stereocenters. The van der Waals surface area contributed by atoms with Crippen LogP contribution in [0, 0.1) is 5.82 Å². The molecule has 0 aromatic heterocycles. The predicted octanol–water partition coefficient (Wildman–Crippen LogP) is 3.73. The van der Waals surface area contributed by atoms with Crippen LogP contribution in [0.25, 0.3) is 6.08 Å². The maximum absolute atomic E-state index is 13.1. The van der Waals surface area contributed by atoms with E-state index in [0.717, 1.165) is 17.7 Å². The number of nitrogens with one attached hydrogen (secondary N) is 1. The van der Waals surface area contributed by atoms with Crippen molar-refractivity contribution in [3.63, 3.8) is 0 Å². The number of rotatable bonds is 5. The molecule has 0 spiro atoms. The standard InChI is InChI=1S/C18H14FNO3/c19-14-10-11-16(15(12-14)18(22)23)20-17(21)9-5-4-8-13-6-2-1-3-7-13/h1-12H,(H,20,21)(H,22,23)/b8-4+,9-5+. The lowest BCUT2D eigenvalue weighted by molar-refractivity contribution is -0.111. The maximum atomic E-state index is 13.1. The van der Waals surface area contributed by atoms with Crippen molar-refractivity contribution in [3.8, 4) is 0 Å². The highest BCUT2D eigenvalue weighted by Crippen LogP contribution is 2.17. The summed E-state index contributed by atoms with van der Waals surface area (Å²) >= 11 is 0. The van der Waals surface area contributed by atoms with Gasteiger partial charge in [0, 0.05) is 6.08 Å². The first-order valence-electron chi connectivity index (χ1n) is 6.80. The summed E-state index contributed by atoms with van der Waals surface area (Å²) in [5, 5.41) is 11.4. The van der Waals surface area contributed by atoms with Crippen LogP contribution in [0.1, 0.15) is 15.9 Å². The van der Waals surface area contributed by atoms with E-state index < -0.39 is 17.7 Å². The van der Waals surface area contributed by atoms with E-state index in [1.54, 1.807) is 6.08 Å². The predicted molar refractivity (Wildman–Crippen MR) is 86.6 cm³/mol. The van der Waals surface area contributed by atoms with Gasteiger partial charge in [-0.2, -0.15) is 0 Å². The Bertz CT molecular complexity index is 767. The van der Waals surface area contributed by atoms with E-state index in [-0.39, 0.29) is 11.3 Å². The number of amides is 1. The minimum atomic E-state index is -1.31. The molecule has 0 radical (unpaired) electrons. The second kappa shape index (κ2) is 7.70. The molecule has 0 fully saturated rings. The van der Waals surface area contributed by atoms with Crippen LogP contribution in [0.2, 0.25) is 0 Å². The number of carbonyl (C=O) groups is 2. The average Bonchev–Trinajstić information content (AvgIpc) is 2.54. The third-order valence-corrected chi connectivity index (χ3v) is 2.92. The molecule has 23 heavy (non-hydrogen) atoms. The lowest BCUT2D eigenvalue weighted by Gasteiger charge is -2.06. The van der Waals surface area contributed by atoms with E-state index in [1.807, 2.05) is 36.4 Å². The molecule has 116 valence electrons. The fourth-order valence-corrected chi connectivity index (χ4v) is 1.85. The molecule has 0 unspecified atom stereocenters. The number of hydrogen-bond donors (Lipinski definition) is 2. The molecule has 4 nitrogen and oxygen atoms in total. The Morgan fingerprint density at radius 1 is 1.04 bits per heavy atom. The minimum Gasteiger partial charge on any atom is -0.478 e. The smallest absolute Gasteiger partial charge is 0.337 e. The molecule has 5 heteroatoms. The van der Waals surface area contributed by atoms with Crippen LogP contribution in [0.3, 0.4) is 0 Å². The summed E-state index contributed by atoms with van der Waals surface area (Å²) in [6.07, 6.45) is 6.31. The molecule has 2 aromatic rings. The maximum Gasteiger partial charge on any atom is 0.337 e. The lowest BCUT2D eigenvalue weighted by Crippen LogP contribution is -2.12. The van der Waals surface area contributed by atoms with Crippen molar-refractivity contribution in [1.29, 1.82) is 0 Å². The van der Waals surface area contributed by atoms with Gasteiger partial charge in [-0.1, -0.05) is 48.6 Å². The van der Waals surface area contributed by atoms with Crippen LogP contribution in [-0.2, 0) is 4.79 Å². The van der Waals surface area contributed by atoms with Crippen molar-refractivity contribution in [2.45, 2.75) is 0 Å². The van der Waals surface area contributed by atoms with Crippen molar-refractivity contribution in [2.75, 3.05) is 5.32 Å². The summed E-state index contributed by atoms with van der Waals surface area (Å²) in [5.41, 5.74) is 0.733. The summed E-state index contributed by atoms with van der Waals surface area (Å²) in [5.74, 6) is -2.49. The monoisotopic (exact) mass is 311 g/mol. The Labute approximate surface area is 132 Å². The van der Waals surface area contributed by atoms with Gasteiger partial charge < -0.3 is 10.4 Å². The van der Waals surface area contributed by atoms with Gasteiger partial charge in [-0.25, -0.2) is 9.18 Å². The topological polar surface area (TPSA) is 66.4 Å². The SMILES string of the molecule is O=C(/C=C/C=C/c1ccccc1)Nc1ccc(F)cc1C(=O)O. The molecule has 0 heterocycles. The van der Waals surface area contributed by atoms with E-state index >= 15 is 0 Å². The zero-order chi connectivity index (χ0) is 16.7. The van der Waals surface area contributed by atoms with Crippen molar-refractivity contribution in [1.82, 2.24) is 0 Å². The summed E-state index contributed by atoms with van der Waals surface area (Å²) in [7, 11) is 0. The second-order valence-corrected chi connectivity index (χ2v) is 4.61. The second-order valence-electron chi connectivity index (χ2n) is 4.61. The van der Waals surface area contributed by atoms with Gasteiger partial charge in [-0.3, -0.25) is 4.79 Å². The quantitative estimate of drug-likeness (QED) is 0.653. The number of hydrogen-bond acceptors (Lipinski definition) is 2. The summed E-state index contributed by atoms with van der Waals surface area (Å²) < 4.78 is 13.1. The Hall–Kier alpha value is -3.21. The summed E-state index contributed by atoms with van der Waals surface area (Å²) in [6, 6.07) is 12.7. The normalized spacial score (nSPS) is 11.0. The highest BCUT2D eigenvalue weighted by Gasteiger charge is 2.12. The van der Waals surface area contributed by atoms with Crippen LogP contribution < -0.4 is 5.32 Å². The number of aromatic carboxylic acids is 1. The van der Waals surface area contributed by atoms with Crippen molar-refractivity contribution in [2.24, 2.45) is 0 Å². The zero-order valence-electron chi connectivity index (χ0n) is 12.1. The Balaban J connectivity index is 2.01. The zero-order valence-corrected chi connectivity index (χ0v) is 12.1. The molecule has 0 aliphatic rings. The first-order chi connectivity index (χ1) is 11.1. The van der Waals surface area contributed by atoms with Gasteiger partial charge in [-0.05, 0) is 23.8 Å². The molecule has 0 saturated carbocycles. The number of allylic oxidation sites excluding steroid dienone is 2. The number of anilines is 1. The van der Waals surface area contributed by atoms with Crippen LogP contribution in [0.4, 0.5) is 10.1 Å².